The second-order valence-corrected chi connectivity index (χ2v) is 10.9. The average molecular weight is 538 g/mol. The summed E-state index contributed by atoms with van der Waals surface area (Å²) >= 11 is 1.29. The van der Waals surface area contributed by atoms with E-state index in [1.165, 1.54) is 30.5 Å². The molecule has 9 heteroatoms. The number of hydrogen-bond acceptors (Lipinski definition) is 6. The number of nitrogens with zero attached hydrogens (tertiary/aromatic N) is 1. The van der Waals surface area contributed by atoms with Gasteiger partial charge in [0, 0.05) is 12.1 Å². The van der Waals surface area contributed by atoms with E-state index in [0.29, 0.717) is 21.9 Å². The number of amides is 3. The summed E-state index contributed by atoms with van der Waals surface area (Å²) in [5, 5.41) is 7.51. The third-order valence-electron chi connectivity index (χ3n) is 5.72. The second kappa shape index (κ2) is 12.6. The van der Waals surface area contributed by atoms with E-state index in [0.717, 1.165) is 11.1 Å². The molecule has 3 aromatic rings. The molecule has 38 heavy (non-hydrogen) atoms. The highest BCUT2D eigenvalue weighted by molar-refractivity contribution is 7.12. The van der Waals surface area contributed by atoms with Crippen molar-refractivity contribution in [3.05, 3.63) is 81.5 Å². The zero-order valence-electron chi connectivity index (χ0n) is 22.7. The number of ether oxygens (including phenoxy) is 2. The van der Waals surface area contributed by atoms with Crippen LogP contribution in [0.2, 0.25) is 0 Å². The Morgan fingerprint density at radius 2 is 1.66 bits per heavy atom. The van der Waals surface area contributed by atoms with Crippen molar-refractivity contribution in [2.75, 3.05) is 20.8 Å². The quantitative estimate of drug-likeness (QED) is 0.397. The number of hydrogen-bond donors (Lipinski definition) is 2. The van der Waals surface area contributed by atoms with Crippen LogP contribution in [0.3, 0.4) is 0 Å². The maximum Gasteiger partial charge on any atom is 0.261 e. The highest BCUT2D eigenvalue weighted by Crippen LogP contribution is 2.33. The van der Waals surface area contributed by atoms with E-state index >= 15 is 0 Å². The summed E-state index contributed by atoms with van der Waals surface area (Å²) in [6, 6.07) is 15.4. The standard InChI is InChI=1S/C29H35N3O5S/c1-19-9-11-20(12-10-19)18-32(25(33)17-30-27(34)24-8-7-15-38-24)26(28(35)31-29(2,3)4)21-13-14-22(36-5)23(16-21)37-6/h7-16,26H,17-18H2,1-6H3,(H,30,34)(H,31,35)/t26-/m1/s1. The summed E-state index contributed by atoms with van der Waals surface area (Å²) in [7, 11) is 3.05. The van der Waals surface area contributed by atoms with Crippen LogP contribution in [-0.2, 0) is 16.1 Å². The highest BCUT2D eigenvalue weighted by atomic mass is 32.1. The molecule has 2 aromatic carbocycles. The molecule has 3 amide bonds. The fourth-order valence-electron chi connectivity index (χ4n) is 3.90. The van der Waals surface area contributed by atoms with E-state index in [4.69, 9.17) is 9.47 Å². The zero-order valence-corrected chi connectivity index (χ0v) is 23.5. The minimum absolute atomic E-state index is 0.157. The van der Waals surface area contributed by atoms with Crippen LogP contribution in [0.5, 0.6) is 11.5 Å². The number of rotatable bonds is 10. The van der Waals surface area contributed by atoms with Crippen molar-refractivity contribution >= 4 is 29.1 Å². The topological polar surface area (TPSA) is 97.0 Å². The molecular weight excluding hydrogens is 502 g/mol. The summed E-state index contributed by atoms with van der Waals surface area (Å²) in [4.78, 5) is 42.1. The number of nitrogens with one attached hydrogen (secondary N) is 2. The van der Waals surface area contributed by atoms with Crippen LogP contribution in [0, 0.1) is 6.92 Å². The Morgan fingerprint density at radius 3 is 2.24 bits per heavy atom. The third kappa shape index (κ3) is 7.58. The predicted octanol–water partition coefficient (Wildman–Crippen LogP) is 4.49. The molecule has 202 valence electrons. The Morgan fingerprint density at radius 1 is 0.974 bits per heavy atom. The van der Waals surface area contributed by atoms with Crippen molar-refractivity contribution < 1.29 is 23.9 Å². The number of thiophene rings is 1. The number of carbonyl (C=O) groups excluding carboxylic acids is 3. The van der Waals surface area contributed by atoms with E-state index in [1.54, 1.807) is 35.7 Å². The second-order valence-electron chi connectivity index (χ2n) is 9.92. The minimum Gasteiger partial charge on any atom is -0.493 e. The molecule has 8 nitrogen and oxygen atoms in total. The van der Waals surface area contributed by atoms with Gasteiger partial charge in [0.2, 0.25) is 11.8 Å². The van der Waals surface area contributed by atoms with Gasteiger partial charge in [0.15, 0.2) is 11.5 Å². The van der Waals surface area contributed by atoms with Gasteiger partial charge in [-0.15, -0.1) is 11.3 Å². The van der Waals surface area contributed by atoms with Crippen molar-refractivity contribution in [3.63, 3.8) is 0 Å². The highest BCUT2D eigenvalue weighted by Gasteiger charge is 2.34. The molecule has 2 N–H and O–H groups in total. The van der Waals surface area contributed by atoms with Crippen LogP contribution >= 0.6 is 11.3 Å². The summed E-state index contributed by atoms with van der Waals surface area (Å²) in [5.41, 5.74) is 1.94. The summed E-state index contributed by atoms with van der Waals surface area (Å²) in [5.74, 6) is -0.155. The molecule has 1 atom stereocenters. The van der Waals surface area contributed by atoms with Crippen LogP contribution in [0.25, 0.3) is 0 Å². The largest absolute Gasteiger partial charge is 0.493 e. The van der Waals surface area contributed by atoms with Gasteiger partial charge in [0.1, 0.15) is 6.04 Å². The molecule has 0 saturated carbocycles. The number of benzene rings is 2. The fraction of sp³-hybridized carbons (Fsp3) is 0.345. The lowest BCUT2D eigenvalue weighted by Crippen LogP contribution is -2.50. The molecule has 0 saturated heterocycles. The predicted molar refractivity (Wildman–Crippen MR) is 149 cm³/mol. The van der Waals surface area contributed by atoms with Crippen LogP contribution in [-0.4, -0.2) is 48.9 Å². The molecule has 1 heterocycles. The monoisotopic (exact) mass is 537 g/mol. The van der Waals surface area contributed by atoms with Gasteiger partial charge in [0.05, 0.1) is 25.6 Å². The number of aryl methyl sites for hydroxylation is 1. The maximum absolute atomic E-state index is 13.8. The van der Waals surface area contributed by atoms with Gasteiger partial charge in [-0.25, -0.2) is 0 Å². The maximum atomic E-state index is 13.8. The first-order chi connectivity index (χ1) is 18.0. The molecule has 0 aliphatic heterocycles. The van der Waals surface area contributed by atoms with Crippen molar-refractivity contribution in [2.24, 2.45) is 0 Å². The first-order valence-corrected chi connectivity index (χ1v) is 13.1. The van der Waals surface area contributed by atoms with E-state index < -0.39 is 17.5 Å². The molecular formula is C29H35N3O5S. The number of carbonyl (C=O) groups is 3. The zero-order chi connectivity index (χ0) is 27.9. The van der Waals surface area contributed by atoms with E-state index in [-0.39, 0.29) is 24.9 Å². The molecule has 1 aromatic heterocycles. The normalized spacial score (nSPS) is 11.8. The smallest absolute Gasteiger partial charge is 0.261 e. The molecule has 0 unspecified atom stereocenters. The SMILES string of the molecule is COc1ccc([C@H](C(=O)NC(C)(C)C)N(Cc2ccc(C)cc2)C(=O)CNC(=O)c2cccs2)cc1OC. The molecule has 0 fully saturated rings. The van der Waals surface area contributed by atoms with Gasteiger partial charge in [-0.1, -0.05) is 42.0 Å². The van der Waals surface area contributed by atoms with Gasteiger partial charge in [-0.3, -0.25) is 14.4 Å². The van der Waals surface area contributed by atoms with Crippen LogP contribution in [0.4, 0.5) is 0 Å². The molecule has 0 bridgehead atoms. The van der Waals surface area contributed by atoms with Crippen LogP contribution < -0.4 is 20.1 Å². The number of methoxy groups -OCH3 is 2. The van der Waals surface area contributed by atoms with Crippen molar-refractivity contribution in [1.82, 2.24) is 15.5 Å². The summed E-state index contributed by atoms with van der Waals surface area (Å²) < 4.78 is 10.9. The average Bonchev–Trinajstić information content (AvgIpc) is 3.42. The molecule has 0 aliphatic carbocycles. The summed E-state index contributed by atoms with van der Waals surface area (Å²) in [6.07, 6.45) is 0. The Hall–Kier alpha value is -3.85. The van der Waals surface area contributed by atoms with Crippen molar-refractivity contribution in [1.29, 1.82) is 0 Å². The fourth-order valence-corrected chi connectivity index (χ4v) is 4.54. The lowest BCUT2D eigenvalue weighted by atomic mass is 10.00. The first-order valence-electron chi connectivity index (χ1n) is 12.2. The van der Waals surface area contributed by atoms with Crippen LogP contribution in [0.1, 0.15) is 53.2 Å². The third-order valence-corrected chi connectivity index (χ3v) is 6.59. The van der Waals surface area contributed by atoms with Gasteiger partial charge >= 0.3 is 0 Å². The molecule has 3 rings (SSSR count). The first kappa shape index (κ1) is 28.7. The Balaban J connectivity index is 2.03. The lowest BCUT2D eigenvalue weighted by Gasteiger charge is -2.34. The van der Waals surface area contributed by atoms with Gasteiger partial charge < -0.3 is 25.0 Å². The van der Waals surface area contributed by atoms with E-state index in [2.05, 4.69) is 10.6 Å². The van der Waals surface area contributed by atoms with E-state index in [9.17, 15) is 14.4 Å². The Kier molecular flexibility index (Phi) is 9.52. The Bertz CT molecular complexity index is 1250. The van der Waals surface area contributed by atoms with Crippen LogP contribution in [0.15, 0.2) is 60.0 Å². The Labute approximate surface area is 228 Å². The van der Waals surface area contributed by atoms with E-state index in [1.807, 2.05) is 52.0 Å². The van der Waals surface area contributed by atoms with Gasteiger partial charge in [-0.05, 0) is 62.4 Å². The van der Waals surface area contributed by atoms with Gasteiger partial charge in [0.25, 0.3) is 5.91 Å². The molecule has 0 aliphatic rings. The minimum atomic E-state index is -0.999. The summed E-state index contributed by atoms with van der Waals surface area (Å²) in [6.45, 7) is 7.51. The lowest BCUT2D eigenvalue weighted by molar-refractivity contribution is -0.141. The van der Waals surface area contributed by atoms with Crippen molar-refractivity contribution in [2.45, 2.75) is 45.8 Å². The van der Waals surface area contributed by atoms with Crippen molar-refractivity contribution in [3.8, 4) is 11.5 Å². The molecule has 0 spiro atoms. The molecule has 0 radical (unpaired) electrons. The van der Waals surface area contributed by atoms with Gasteiger partial charge in [-0.2, -0.15) is 0 Å².